The Morgan fingerprint density at radius 3 is 2.65 bits per heavy atom. The lowest BCUT2D eigenvalue weighted by atomic mass is 9.91. The highest BCUT2D eigenvalue weighted by Gasteiger charge is 2.42. The summed E-state index contributed by atoms with van der Waals surface area (Å²) in [4.78, 5) is 24.6. The van der Waals surface area contributed by atoms with Gasteiger partial charge in [0.1, 0.15) is 0 Å². The molecule has 1 amide bonds. The van der Waals surface area contributed by atoms with E-state index in [0.29, 0.717) is 13.0 Å². The first-order valence-corrected chi connectivity index (χ1v) is 6.03. The minimum absolute atomic E-state index is 0.0252. The third-order valence-electron chi connectivity index (χ3n) is 3.22. The summed E-state index contributed by atoms with van der Waals surface area (Å²) in [6.45, 7) is 8.82. The molecule has 2 N–H and O–H groups in total. The number of hydrogen-bond donors (Lipinski definition) is 2. The largest absolute Gasteiger partial charge is 0.481 e. The van der Waals surface area contributed by atoms with E-state index in [4.69, 9.17) is 5.11 Å². The Morgan fingerprint density at radius 1 is 1.59 bits per heavy atom. The lowest BCUT2D eigenvalue weighted by Gasteiger charge is -2.49. The van der Waals surface area contributed by atoms with Crippen LogP contribution in [-0.4, -0.2) is 46.1 Å². The SMILES string of the molecule is CC(C)N1C(CCC(=O)O)C(=O)NCC1(C)C. The van der Waals surface area contributed by atoms with Gasteiger partial charge in [0.25, 0.3) is 0 Å². The summed E-state index contributed by atoms with van der Waals surface area (Å²) >= 11 is 0. The van der Waals surface area contributed by atoms with Crippen molar-refractivity contribution in [2.24, 2.45) is 0 Å². The maximum atomic E-state index is 11.9. The Kier molecular flexibility index (Phi) is 4.14. The lowest BCUT2D eigenvalue weighted by Crippen LogP contribution is -2.67. The third kappa shape index (κ3) is 3.19. The van der Waals surface area contributed by atoms with E-state index in [1.807, 2.05) is 13.8 Å². The van der Waals surface area contributed by atoms with Gasteiger partial charge in [0.05, 0.1) is 6.04 Å². The first-order valence-electron chi connectivity index (χ1n) is 6.03. The Morgan fingerprint density at radius 2 is 2.18 bits per heavy atom. The quantitative estimate of drug-likeness (QED) is 0.766. The van der Waals surface area contributed by atoms with Crippen molar-refractivity contribution in [3.05, 3.63) is 0 Å². The summed E-state index contributed by atoms with van der Waals surface area (Å²) in [6.07, 6.45) is 0.389. The molecular weight excluding hydrogens is 220 g/mol. The Bertz CT molecular complexity index is 313. The molecule has 5 heteroatoms. The molecule has 0 radical (unpaired) electrons. The van der Waals surface area contributed by atoms with Crippen molar-refractivity contribution in [3.63, 3.8) is 0 Å². The zero-order chi connectivity index (χ0) is 13.2. The maximum absolute atomic E-state index is 11.9. The number of piperazine rings is 1. The van der Waals surface area contributed by atoms with Crippen LogP contribution in [0.1, 0.15) is 40.5 Å². The second kappa shape index (κ2) is 5.04. The highest BCUT2D eigenvalue weighted by Crippen LogP contribution is 2.26. The minimum atomic E-state index is -0.857. The molecule has 1 unspecified atom stereocenters. The predicted octanol–water partition coefficient (Wildman–Crippen LogP) is 0.839. The second-order valence-corrected chi connectivity index (χ2v) is 5.48. The van der Waals surface area contributed by atoms with E-state index in [1.165, 1.54) is 0 Å². The zero-order valence-corrected chi connectivity index (χ0v) is 11.0. The van der Waals surface area contributed by atoms with Crippen LogP contribution in [0.15, 0.2) is 0 Å². The molecular formula is C12H22N2O3. The smallest absolute Gasteiger partial charge is 0.303 e. The highest BCUT2D eigenvalue weighted by molar-refractivity contribution is 5.83. The second-order valence-electron chi connectivity index (χ2n) is 5.48. The number of aliphatic carboxylic acids is 1. The van der Waals surface area contributed by atoms with Gasteiger partial charge in [-0.1, -0.05) is 0 Å². The van der Waals surface area contributed by atoms with Crippen LogP contribution in [0.3, 0.4) is 0 Å². The molecule has 1 atom stereocenters. The van der Waals surface area contributed by atoms with Gasteiger partial charge in [-0.2, -0.15) is 0 Å². The van der Waals surface area contributed by atoms with E-state index in [9.17, 15) is 9.59 Å². The van der Waals surface area contributed by atoms with Crippen molar-refractivity contribution in [2.45, 2.75) is 58.2 Å². The van der Waals surface area contributed by atoms with Crippen molar-refractivity contribution in [2.75, 3.05) is 6.54 Å². The van der Waals surface area contributed by atoms with Gasteiger partial charge in [-0.25, -0.2) is 0 Å². The molecule has 0 saturated carbocycles. The van der Waals surface area contributed by atoms with Crippen LogP contribution >= 0.6 is 0 Å². The number of nitrogens with one attached hydrogen (secondary N) is 1. The third-order valence-corrected chi connectivity index (χ3v) is 3.22. The standard InChI is InChI=1S/C12H22N2O3/c1-8(2)14-9(5-6-10(15)16)11(17)13-7-12(14,3)4/h8-9H,5-7H2,1-4H3,(H,13,17)(H,15,16). The van der Waals surface area contributed by atoms with E-state index in [-0.39, 0.29) is 30.0 Å². The van der Waals surface area contributed by atoms with Gasteiger partial charge >= 0.3 is 5.97 Å². The van der Waals surface area contributed by atoms with E-state index < -0.39 is 5.97 Å². The van der Waals surface area contributed by atoms with Gasteiger partial charge in [0.15, 0.2) is 0 Å². The fraction of sp³-hybridized carbons (Fsp3) is 0.833. The van der Waals surface area contributed by atoms with E-state index in [2.05, 4.69) is 24.1 Å². The highest BCUT2D eigenvalue weighted by atomic mass is 16.4. The summed E-state index contributed by atoms with van der Waals surface area (Å²) in [7, 11) is 0. The van der Waals surface area contributed by atoms with Crippen LogP contribution in [-0.2, 0) is 9.59 Å². The maximum Gasteiger partial charge on any atom is 0.303 e. The molecule has 0 aromatic rings. The van der Waals surface area contributed by atoms with E-state index in [1.54, 1.807) is 0 Å². The fourth-order valence-electron chi connectivity index (χ4n) is 2.65. The molecule has 17 heavy (non-hydrogen) atoms. The normalized spacial score (nSPS) is 24.8. The number of nitrogens with zero attached hydrogens (tertiary/aromatic N) is 1. The molecule has 1 rings (SSSR count). The van der Waals surface area contributed by atoms with Crippen LogP contribution in [0.2, 0.25) is 0 Å². The summed E-state index contributed by atoms with van der Waals surface area (Å²) in [6, 6.07) is -0.121. The molecule has 98 valence electrons. The van der Waals surface area contributed by atoms with Gasteiger partial charge in [-0.15, -0.1) is 0 Å². The molecule has 0 aromatic heterocycles. The Hall–Kier alpha value is -1.10. The van der Waals surface area contributed by atoms with Crippen LogP contribution in [0.4, 0.5) is 0 Å². The molecule has 1 heterocycles. The fourth-order valence-corrected chi connectivity index (χ4v) is 2.65. The molecule has 0 aromatic carbocycles. The van der Waals surface area contributed by atoms with Crippen LogP contribution in [0.25, 0.3) is 0 Å². The van der Waals surface area contributed by atoms with E-state index in [0.717, 1.165) is 0 Å². The molecule has 1 saturated heterocycles. The molecule has 5 nitrogen and oxygen atoms in total. The number of carbonyl (C=O) groups is 2. The minimum Gasteiger partial charge on any atom is -0.481 e. The average Bonchev–Trinajstić information content (AvgIpc) is 2.18. The van der Waals surface area contributed by atoms with Crippen molar-refractivity contribution in [3.8, 4) is 0 Å². The van der Waals surface area contributed by atoms with Gasteiger partial charge in [-0.05, 0) is 34.1 Å². The number of rotatable bonds is 4. The lowest BCUT2D eigenvalue weighted by molar-refractivity contribution is -0.140. The van der Waals surface area contributed by atoms with Crippen molar-refractivity contribution in [1.29, 1.82) is 0 Å². The van der Waals surface area contributed by atoms with Crippen LogP contribution < -0.4 is 5.32 Å². The summed E-state index contributed by atoms with van der Waals surface area (Å²) in [5.74, 6) is -0.913. The van der Waals surface area contributed by atoms with Gasteiger partial charge in [-0.3, -0.25) is 14.5 Å². The molecule has 0 bridgehead atoms. The first kappa shape index (κ1) is 14.0. The van der Waals surface area contributed by atoms with Crippen molar-refractivity contribution in [1.82, 2.24) is 10.2 Å². The van der Waals surface area contributed by atoms with Gasteiger partial charge in [0, 0.05) is 24.5 Å². The van der Waals surface area contributed by atoms with Crippen LogP contribution in [0.5, 0.6) is 0 Å². The predicted molar refractivity (Wildman–Crippen MR) is 64.7 cm³/mol. The summed E-state index contributed by atoms with van der Waals surface area (Å²) < 4.78 is 0. The number of carbonyl (C=O) groups excluding carboxylic acids is 1. The topological polar surface area (TPSA) is 69.6 Å². The first-order chi connectivity index (χ1) is 7.75. The summed E-state index contributed by atoms with van der Waals surface area (Å²) in [5.41, 5.74) is -0.134. The van der Waals surface area contributed by atoms with Crippen molar-refractivity contribution < 1.29 is 14.7 Å². The Labute approximate surface area is 102 Å². The molecule has 1 aliphatic rings. The monoisotopic (exact) mass is 242 g/mol. The van der Waals surface area contributed by atoms with Crippen molar-refractivity contribution >= 4 is 11.9 Å². The van der Waals surface area contributed by atoms with E-state index >= 15 is 0 Å². The zero-order valence-electron chi connectivity index (χ0n) is 11.0. The number of amides is 1. The number of carboxylic acid groups (broad SMARTS) is 1. The number of carboxylic acids is 1. The molecule has 0 aliphatic carbocycles. The molecule has 1 fully saturated rings. The van der Waals surface area contributed by atoms with Crippen LogP contribution in [0, 0.1) is 0 Å². The molecule has 0 spiro atoms. The molecule has 1 aliphatic heterocycles. The van der Waals surface area contributed by atoms with Gasteiger partial charge < -0.3 is 10.4 Å². The average molecular weight is 242 g/mol. The Balaban J connectivity index is 2.86. The number of hydrogen-bond acceptors (Lipinski definition) is 3. The van der Waals surface area contributed by atoms with Gasteiger partial charge in [0.2, 0.25) is 5.91 Å². The summed E-state index contributed by atoms with van der Waals surface area (Å²) in [5, 5.41) is 11.6.